The Balaban J connectivity index is 0. The summed E-state index contributed by atoms with van der Waals surface area (Å²) in [7, 11) is 0. The van der Waals surface area contributed by atoms with Crippen molar-refractivity contribution in [2.75, 3.05) is 13.2 Å². The minimum absolute atomic E-state index is 0.494. The predicted octanol–water partition coefficient (Wildman–Crippen LogP) is 7.53. The zero-order chi connectivity index (χ0) is 21.3. The zero-order valence-electron chi connectivity index (χ0n) is 19.2. The van der Waals surface area contributed by atoms with Crippen molar-refractivity contribution >= 4 is 29.1 Å². The quantitative estimate of drug-likeness (QED) is 0.110. The molecule has 3 radical (unpaired) electrons. The van der Waals surface area contributed by atoms with Gasteiger partial charge in [-0.1, -0.05) is 52.4 Å². The van der Waals surface area contributed by atoms with Crippen molar-refractivity contribution in [1.29, 1.82) is 0 Å². The number of carbonyl (C=O) groups is 1. The van der Waals surface area contributed by atoms with Crippen molar-refractivity contribution in [1.82, 2.24) is 0 Å². The maximum absolute atomic E-state index is 11.1. The standard InChI is InChI=1S/C13H26O3.C10H21O.Sn/c1-3-5-7-9-11-15-13(14)16-12-10-8-6-4-2;1-3-5-7-9-10(11)8-6-4-2;/h3-12H2,1-2H3;10H,3-9H2,1-2H3;/q;-1;+1. The van der Waals surface area contributed by atoms with Gasteiger partial charge in [-0.3, -0.25) is 0 Å². The molecule has 167 valence electrons. The van der Waals surface area contributed by atoms with Crippen LogP contribution in [0.4, 0.5) is 4.79 Å². The number of hydrogen-bond donors (Lipinski definition) is 0. The number of hydrogen-bond acceptors (Lipinski definition) is 4. The monoisotopic (exact) mass is 507 g/mol. The maximum atomic E-state index is 11.1. The third-order valence-electron chi connectivity index (χ3n) is 4.61. The molecule has 0 saturated heterocycles. The normalized spacial score (nSPS) is 11.5. The van der Waals surface area contributed by atoms with Crippen LogP contribution >= 0.6 is 0 Å². The minimum atomic E-state index is -0.506. The van der Waals surface area contributed by atoms with Gasteiger partial charge in [0.25, 0.3) is 0 Å². The SMILES string of the molecule is CCCCCC(CCCC)[O][Sn].CCCCCCOC(=O)OCCCCCC. The van der Waals surface area contributed by atoms with Gasteiger partial charge in [-0.05, 0) is 12.8 Å². The molecule has 0 bridgehead atoms. The van der Waals surface area contributed by atoms with Crippen LogP contribution in [0, 0.1) is 0 Å². The zero-order valence-corrected chi connectivity index (χ0v) is 22.1. The second-order valence-electron chi connectivity index (χ2n) is 7.45. The van der Waals surface area contributed by atoms with Crippen LogP contribution in [0.3, 0.4) is 0 Å². The molecule has 0 fully saturated rings. The van der Waals surface area contributed by atoms with Crippen LogP contribution in [-0.4, -0.2) is 48.4 Å². The summed E-state index contributed by atoms with van der Waals surface area (Å²) in [5.41, 5.74) is 0. The summed E-state index contributed by atoms with van der Waals surface area (Å²) in [5.74, 6) is 0. The van der Waals surface area contributed by atoms with Crippen LogP contribution < -0.4 is 0 Å². The first-order valence-electron chi connectivity index (χ1n) is 11.8. The van der Waals surface area contributed by atoms with Crippen LogP contribution in [0.1, 0.15) is 124 Å². The average Bonchev–Trinajstić information content (AvgIpc) is 2.71. The smallest absolute Gasteiger partial charge is 0.434 e. The number of unbranched alkanes of at least 4 members (excludes halogenated alkanes) is 9. The van der Waals surface area contributed by atoms with E-state index in [9.17, 15) is 4.79 Å². The van der Waals surface area contributed by atoms with Crippen LogP contribution in [0.15, 0.2) is 0 Å². The van der Waals surface area contributed by atoms with E-state index in [0.29, 0.717) is 19.3 Å². The van der Waals surface area contributed by atoms with Crippen LogP contribution in [-0.2, 0) is 12.5 Å². The first-order valence-corrected chi connectivity index (χ1v) is 12.9. The van der Waals surface area contributed by atoms with E-state index in [1.807, 2.05) is 0 Å². The Labute approximate surface area is 189 Å². The van der Waals surface area contributed by atoms with Gasteiger partial charge in [0, 0.05) is 0 Å². The second kappa shape index (κ2) is 27.0. The molecule has 1 unspecified atom stereocenters. The molecule has 5 heteroatoms. The van der Waals surface area contributed by atoms with Crippen LogP contribution in [0.5, 0.6) is 0 Å². The maximum Gasteiger partial charge on any atom is 0.508 e. The summed E-state index contributed by atoms with van der Waals surface area (Å²) in [6.07, 6.45) is 18.2. The molecule has 0 aliphatic carbocycles. The fraction of sp³-hybridized carbons (Fsp3) is 0.957. The molecule has 0 aromatic rings. The Morgan fingerprint density at radius 3 is 1.50 bits per heavy atom. The number of ether oxygens (including phenoxy) is 2. The number of rotatable bonds is 18. The third kappa shape index (κ3) is 26.0. The largest absolute Gasteiger partial charge is 0.508 e. The predicted molar refractivity (Wildman–Crippen MR) is 120 cm³/mol. The van der Waals surface area contributed by atoms with E-state index in [-0.39, 0.29) is 0 Å². The van der Waals surface area contributed by atoms with E-state index < -0.39 is 6.16 Å². The Bertz CT molecular complexity index is 284. The fourth-order valence-electron chi connectivity index (χ4n) is 2.73. The summed E-state index contributed by atoms with van der Waals surface area (Å²) in [4.78, 5) is 11.1. The average molecular weight is 506 g/mol. The molecule has 1 atom stereocenters. The summed E-state index contributed by atoms with van der Waals surface area (Å²) in [6, 6.07) is 0. The van der Waals surface area contributed by atoms with Gasteiger partial charge in [0.05, 0.1) is 13.2 Å². The first-order chi connectivity index (χ1) is 13.7. The second-order valence-corrected chi connectivity index (χ2v) is 8.12. The molecular weight excluding hydrogens is 459 g/mol. The van der Waals surface area contributed by atoms with Gasteiger partial charge >= 0.3 is 97.1 Å². The molecule has 0 N–H and O–H groups in total. The Morgan fingerprint density at radius 2 is 1.07 bits per heavy atom. The minimum Gasteiger partial charge on any atom is -0.434 e. The van der Waals surface area contributed by atoms with Gasteiger partial charge in [0.1, 0.15) is 0 Å². The molecule has 0 aliphatic heterocycles. The molecule has 4 nitrogen and oxygen atoms in total. The van der Waals surface area contributed by atoms with E-state index in [2.05, 4.69) is 27.7 Å². The molecular formula is C23H47O4Sn. The summed E-state index contributed by atoms with van der Waals surface area (Å²) < 4.78 is 15.4. The Kier molecular flexibility index (Phi) is 29.2. The van der Waals surface area contributed by atoms with Crippen molar-refractivity contribution in [2.24, 2.45) is 0 Å². The first kappa shape index (κ1) is 30.2. The van der Waals surface area contributed by atoms with Crippen LogP contribution in [0.2, 0.25) is 0 Å². The van der Waals surface area contributed by atoms with Crippen molar-refractivity contribution in [3.05, 3.63) is 0 Å². The van der Waals surface area contributed by atoms with Crippen molar-refractivity contribution in [3.8, 4) is 0 Å². The van der Waals surface area contributed by atoms with E-state index in [1.54, 1.807) is 0 Å². The Morgan fingerprint density at radius 1 is 0.643 bits per heavy atom. The molecule has 0 aromatic heterocycles. The van der Waals surface area contributed by atoms with Crippen molar-refractivity contribution < 1.29 is 17.3 Å². The molecule has 0 amide bonds. The molecule has 0 heterocycles. The van der Waals surface area contributed by atoms with Crippen molar-refractivity contribution in [2.45, 2.75) is 130 Å². The van der Waals surface area contributed by atoms with Gasteiger partial charge in [0.2, 0.25) is 0 Å². The van der Waals surface area contributed by atoms with Crippen molar-refractivity contribution in [3.63, 3.8) is 0 Å². The van der Waals surface area contributed by atoms with Gasteiger partial charge in [-0.15, -0.1) is 0 Å². The van der Waals surface area contributed by atoms with E-state index in [0.717, 1.165) is 25.7 Å². The third-order valence-corrected chi connectivity index (χ3v) is 5.56. The van der Waals surface area contributed by atoms with Gasteiger partial charge in [-0.25, -0.2) is 4.79 Å². The Hall–Kier alpha value is 0.0287. The van der Waals surface area contributed by atoms with Gasteiger partial charge in [0.15, 0.2) is 0 Å². The topological polar surface area (TPSA) is 44.8 Å². The molecule has 0 spiro atoms. The molecule has 0 saturated carbocycles. The molecule has 0 rings (SSSR count). The van der Waals surface area contributed by atoms with E-state index in [1.165, 1.54) is 93.6 Å². The van der Waals surface area contributed by atoms with Gasteiger partial charge < -0.3 is 9.47 Å². The number of carbonyl (C=O) groups excluding carboxylic acids is 1. The van der Waals surface area contributed by atoms with E-state index in [4.69, 9.17) is 12.5 Å². The van der Waals surface area contributed by atoms with Crippen LogP contribution in [0.25, 0.3) is 0 Å². The molecule has 28 heavy (non-hydrogen) atoms. The summed E-state index contributed by atoms with van der Waals surface area (Å²) >= 11 is 1.24. The van der Waals surface area contributed by atoms with E-state index >= 15 is 0 Å². The molecule has 0 aromatic carbocycles. The van der Waals surface area contributed by atoms with Gasteiger partial charge in [-0.2, -0.15) is 0 Å². The summed E-state index contributed by atoms with van der Waals surface area (Å²) in [5, 5.41) is 0. The molecule has 0 aliphatic rings. The fourth-order valence-corrected chi connectivity index (χ4v) is 3.40. The summed E-state index contributed by atoms with van der Waals surface area (Å²) in [6.45, 7) is 9.80.